The van der Waals surface area contributed by atoms with Crippen molar-refractivity contribution in [3.63, 3.8) is 0 Å². The Hall–Kier alpha value is -1.38. The fraction of sp³-hybridized carbons (Fsp3) is 0.500. The molecule has 0 saturated heterocycles. The van der Waals surface area contributed by atoms with Crippen molar-refractivity contribution in [1.82, 2.24) is 9.97 Å². The third-order valence-electron chi connectivity index (χ3n) is 2.27. The van der Waals surface area contributed by atoms with Crippen LogP contribution in [0.1, 0.15) is 38.6 Å². The molecule has 0 radical (unpaired) electrons. The molecule has 0 aliphatic carbocycles. The number of H-pyrrole nitrogens is 1. The second kappa shape index (κ2) is 4.91. The maximum absolute atomic E-state index is 11.6. The molecule has 1 heterocycles. The fourth-order valence-electron chi connectivity index (χ4n) is 1.33. The van der Waals surface area contributed by atoms with E-state index in [1.807, 2.05) is 6.92 Å². The van der Waals surface area contributed by atoms with Gasteiger partial charge in [-0.2, -0.15) is 0 Å². The Balaban J connectivity index is 2.98. The highest BCUT2D eigenvalue weighted by molar-refractivity contribution is 5.58. The lowest BCUT2D eigenvalue weighted by Crippen LogP contribution is -2.18. The molecule has 0 aliphatic heterocycles. The van der Waals surface area contributed by atoms with Crippen molar-refractivity contribution in [2.45, 2.75) is 33.6 Å². The van der Waals surface area contributed by atoms with Gasteiger partial charge in [0.05, 0.1) is 11.9 Å². The zero-order chi connectivity index (χ0) is 11.4. The molecule has 0 unspecified atom stereocenters. The van der Waals surface area contributed by atoms with Crippen LogP contribution >= 0.6 is 0 Å². The van der Waals surface area contributed by atoms with E-state index in [9.17, 15) is 4.79 Å². The van der Waals surface area contributed by atoms with Gasteiger partial charge in [0.25, 0.3) is 5.56 Å². The van der Waals surface area contributed by atoms with Gasteiger partial charge in [-0.05, 0) is 24.3 Å². The van der Waals surface area contributed by atoms with Gasteiger partial charge in [-0.25, -0.2) is 0 Å². The Morgan fingerprint density at radius 1 is 1.60 bits per heavy atom. The molecule has 15 heavy (non-hydrogen) atoms. The summed E-state index contributed by atoms with van der Waals surface area (Å²) in [5.74, 6) is 0.443. The van der Waals surface area contributed by atoms with Gasteiger partial charge >= 0.3 is 0 Å². The van der Waals surface area contributed by atoms with Crippen LogP contribution in [0.15, 0.2) is 17.6 Å². The van der Waals surface area contributed by atoms with E-state index >= 15 is 0 Å². The number of hydrogen-bond donors (Lipinski definition) is 1. The SMILES string of the molecule is C=C(CC)c1cnc(CC(C)C)c(=O)[nH]1. The molecule has 0 bridgehead atoms. The van der Waals surface area contributed by atoms with Crippen molar-refractivity contribution >= 4 is 5.57 Å². The van der Waals surface area contributed by atoms with Crippen LogP contribution in [0.3, 0.4) is 0 Å². The zero-order valence-electron chi connectivity index (χ0n) is 9.63. The van der Waals surface area contributed by atoms with Gasteiger partial charge in [0.1, 0.15) is 5.69 Å². The van der Waals surface area contributed by atoms with Crippen molar-refractivity contribution < 1.29 is 0 Å². The highest BCUT2D eigenvalue weighted by Crippen LogP contribution is 2.10. The summed E-state index contributed by atoms with van der Waals surface area (Å²) in [5.41, 5.74) is 2.18. The van der Waals surface area contributed by atoms with Gasteiger partial charge in [0, 0.05) is 0 Å². The summed E-state index contributed by atoms with van der Waals surface area (Å²) in [6.45, 7) is 10.0. The lowest BCUT2D eigenvalue weighted by atomic mass is 10.1. The summed E-state index contributed by atoms with van der Waals surface area (Å²) >= 11 is 0. The van der Waals surface area contributed by atoms with E-state index < -0.39 is 0 Å². The van der Waals surface area contributed by atoms with E-state index in [1.54, 1.807) is 6.20 Å². The highest BCUT2D eigenvalue weighted by Gasteiger charge is 2.06. The monoisotopic (exact) mass is 206 g/mol. The van der Waals surface area contributed by atoms with E-state index in [2.05, 4.69) is 30.4 Å². The molecule has 1 N–H and O–H groups in total. The fourth-order valence-corrected chi connectivity index (χ4v) is 1.33. The lowest BCUT2D eigenvalue weighted by molar-refractivity contribution is 0.628. The highest BCUT2D eigenvalue weighted by atomic mass is 16.1. The first-order chi connectivity index (χ1) is 7.04. The van der Waals surface area contributed by atoms with Gasteiger partial charge in [0.2, 0.25) is 0 Å². The number of rotatable bonds is 4. The number of aromatic amines is 1. The summed E-state index contributed by atoms with van der Waals surface area (Å²) in [4.78, 5) is 18.6. The standard InChI is InChI=1S/C12H18N2O/c1-5-9(4)11-7-13-10(6-8(2)3)12(15)14-11/h7-8H,4-6H2,1-3H3,(H,14,15). The smallest absolute Gasteiger partial charge is 0.270 e. The lowest BCUT2D eigenvalue weighted by Gasteiger charge is -2.05. The quantitative estimate of drug-likeness (QED) is 0.822. The molecule has 82 valence electrons. The number of hydrogen-bond acceptors (Lipinski definition) is 2. The predicted molar refractivity (Wildman–Crippen MR) is 62.7 cm³/mol. The topological polar surface area (TPSA) is 45.8 Å². The maximum atomic E-state index is 11.6. The van der Waals surface area contributed by atoms with Crippen molar-refractivity contribution in [3.05, 3.63) is 34.5 Å². The van der Waals surface area contributed by atoms with Crippen LogP contribution in [0, 0.1) is 5.92 Å². The normalized spacial score (nSPS) is 10.7. The van der Waals surface area contributed by atoms with Crippen molar-refractivity contribution in [2.24, 2.45) is 5.92 Å². The molecule has 0 atom stereocenters. The van der Waals surface area contributed by atoms with Gasteiger partial charge in [-0.1, -0.05) is 27.4 Å². The molecule has 0 fully saturated rings. The Bertz CT molecular complexity index is 404. The Morgan fingerprint density at radius 3 is 2.73 bits per heavy atom. The Morgan fingerprint density at radius 2 is 2.27 bits per heavy atom. The Kier molecular flexibility index (Phi) is 3.83. The number of nitrogens with zero attached hydrogens (tertiary/aromatic N) is 1. The third-order valence-corrected chi connectivity index (χ3v) is 2.27. The summed E-state index contributed by atoms with van der Waals surface area (Å²) in [7, 11) is 0. The van der Waals surface area contributed by atoms with E-state index in [-0.39, 0.29) is 5.56 Å². The summed E-state index contributed by atoms with van der Waals surface area (Å²) in [6.07, 6.45) is 3.24. The van der Waals surface area contributed by atoms with E-state index in [0.29, 0.717) is 18.0 Å². The van der Waals surface area contributed by atoms with Gasteiger partial charge < -0.3 is 4.98 Å². The predicted octanol–water partition coefficient (Wildman–Crippen LogP) is 2.39. The summed E-state index contributed by atoms with van der Waals surface area (Å²) in [6, 6.07) is 0. The minimum atomic E-state index is -0.0872. The average Bonchev–Trinajstić information content (AvgIpc) is 2.19. The molecule has 3 heteroatoms. The number of aromatic nitrogens is 2. The molecular weight excluding hydrogens is 188 g/mol. The molecule has 0 aromatic carbocycles. The van der Waals surface area contributed by atoms with Gasteiger partial charge in [-0.3, -0.25) is 9.78 Å². The average molecular weight is 206 g/mol. The summed E-state index contributed by atoms with van der Waals surface area (Å²) in [5, 5.41) is 0. The molecule has 0 saturated carbocycles. The molecule has 0 spiro atoms. The van der Waals surface area contributed by atoms with Crippen molar-refractivity contribution in [3.8, 4) is 0 Å². The van der Waals surface area contributed by atoms with Gasteiger partial charge in [0.15, 0.2) is 0 Å². The first-order valence-electron chi connectivity index (χ1n) is 5.31. The van der Waals surface area contributed by atoms with Crippen LogP contribution in [-0.4, -0.2) is 9.97 Å². The minimum Gasteiger partial charge on any atom is -0.319 e. The number of nitrogens with one attached hydrogen (secondary N) is 1. The molecular formula is C12H18N2O. The van der Waals surface area contributed by atoms with E-state index in [1.165, 1.54) is 0 Å². The molecule has 1 aromatic heterocycles. The molecule has 1 aromatic rings. The first kappa shape index (κ1) is 11.7. The van der Waals surface area contributed by atoms with E-state index in [0.717, 1.165) is 17.7 Å². The summed E-state index contributed by atoms with van der Waals surface area (Å²) < 4.78 is 0. The molecule has 1 rings (SSSR count). The second-order valence-corrected chi connectivity index (χ2v) is 4.13. The molecule has 0 amide bonds. The van der Waals surface area contributed by atoms with Crippen LogP contribution in [0.2, 0.25) is 0 Å². The molecule has 0 aliphatic rings. The van der Waals surface area contributed by atoms with Gasteiger partial charge in [-0.15, -0.1) is 0 Å². The first-order valence-corrected chi connectivity index (χ1v) is 5.31. The zero-order valence-corrected chi connectivity index (χ0v) is 9.63. The van der Waals surface area contributed by atoms with Crippen LogP contribution in [0.5, 0.6) is 0 Å². The van der Waals surface area contributed by atoms with Crippen LogP contribution in [0.25, 0.3) is 5.57 Å². The minimum absolute atomic E-state index is 0.0872. The maximum Gasteiger partial charge on any atom is 0.270 e. The largest absolute Gasteiger partial charge is 0.319 e. The van der Waals surface area contributed by atoms with Crippen molar-refractivity contribution in [2.75, 3.05) is 0 Å². The Labute approximate surface area is 90.3 Å². The van der Waals surface area contributed by atoms with E-state index in [4.69, 9.17) is 0 Å². The second-order valence-electron chi connectivity index (χ2n) is 4.13. The number of allylic oxidation sites excluding steroid dienone is 1. The van der Waals surface area contributed by atoms with Crippen LogP contribution < -0.4 is 5.56 Å². The van der Waals surface area contributed by atoms with Crippen LogP contribution in [0.4, 0.5) is 0 Å². The van der Waals surface area contributed by atoms with Crippen molar-refractivity contribution in [1.29, 1.82) is 0 Å². The van der Waals surface area contributed by atoms with Crippen LogP contribution in [-0.2, 0) is 6.42 Å². The molecule has 3 nitrogen and oxygen atoms in total. The third kappa shape index (κ3) is 3.05.